The summed E-state index contributed by atoms with van der Waals surface area (Å²) in [4.78, 5) is 16.3. The van der Waals surface area contributed by atoms with Gasteiger partial charge in [0.15, 0.2) is 0 Å². The van der Waals surface area contributed by atoms with Gasteiger partial charge >= 0.3 is 0 Å². The van der Waals surface area contributed by atoms with Gasteiger partial charge < -0.3 is 5.32 Å². The Hall–Kier alpha value is -2.25. The number of fused-ring (bicyclic) bond motifs is 1. The number of pyridine rings is 1. The van der Waals surface area contributed by atoms with Crippen molar-refractivity contribution >= 4 is 15.9 Å². The van der Waals surface area contributed by atoms with Crippen molar-refractivity contribution in [2.75, 3.05) is 6.54 Å². The molecule has 1 aliphatic rings. The second-order valence-corrected chi connectivity index (χ2v) is 8.98. The van der Waals surface area contributed by atoms with Crippen molar-refractivity contribution in [1.82, 2.24) is 15.0 Å². The lowest BCUT2D eigenvalue weighted by molar-refractivity contribution is -0.121. The van der Waals surface area contributed by atoms with Gasteiger partial charge in [-0.15, -0.1) is 0 Å². The average Bonchev–Trinajstić information content (AvgIpc) is 2.71. The Bertz CT molecular complexity index is 914. The third-order valence-corrected chi connectivity index (χ3v) is 6.55. The number of nitrogens with zero attached hydrogens (tertiary/aromatic N) is 1. The molecule has 0 radical (unpaired) electrons. The number of amides is 1. The number of carbonyl (C=O) groups is 1. The van der Waals surface area contributed by atoms with E-state index in [4.69, 9.17) is 0 Å². The molecule has 2 aromatic rings. The first kappa shape index (κ1) is 20.5. The Balaban J connectivity index is 1.46. The van der Waals surface area contributed by atoms with Crippen LogP contribution < -0.4 is 10.0 Å². The lowest BCUT2D eigenvalue weighted by Crippen LogP contribution is -2.29. The first-order valence-electron chi connectivity index (χ1n) is 9.76. The second kappa shape index (κ2) is 9.30. The first-order chi connectivity index (χ1) is 13.5. The third kappa shape index (κ3) is 5.39. The van der Waals surface area contributed by atoms with Crippen LogP contribution in [-0.2, 0) is 27.7 Å². The van der Waals surface area contributed by atoms with E-state index < -0.39 is 10.0 Å². The molecule has 28 heavy (non-hydrogen) atoms. The van der Waals surface area contributed by atoms with E-state index >= 15 is 0 Å². The highest BCUT2D eigenvalue weighted by Crippen LogP contribution is 2.24. The molecule has 1 heterocycles. The summed E-state index contributed by atoms with van der Waals surface area (Å²) in [5, 5.41) is 2.92. The molecule has 2 N–H and O–H groups in total. The highest BCUT2D eigenvalue weighted by Gasteiger charge is 2.17. The van der Waals surface area contributed by atoms with Crippen LogP contribution in [0.25, 0.3) is 0 Å². The van der Waals surface area contributed by atoms with Gasteiger partial charge in [-0.25, -0.2) is 13.1 Å². The molecule has 1 atom stereocenters. The molecule has 150 valence electrons. The number of nitrogens with one attached hydrogen (secondary N) is 2. The maximum absolute atomic E-state index is 12.5. The molecule has 3 rings (SSSR count). The molecule has 1 aromatic heterocycles. The van der Waals surface area contributed by atoms with E-state index in [2.05, 4.69) is 15.0 Å². The van der Waals surface area contributed by atoms with Gasteiger partial charge in [0.1, 0.15) is 0 Å². The van der Waals surface area contributed by atoms with Crippen molar-refractivity contribution in [3.63, 3.8) is 0 Å². The van der Waals surface area contributed by atoms with Crippen LogP contribution in [0.2, 0.25) is 0 Å². The van der Waals surface area contributed by atoms with E-state index in [9.17, 15) is 13.2 Å². The summed E-state index contributed by atoms with van der Waals surface area (Å²) in [6.45, 7) is 2.14. The topological polar surface area (TPSA) is 88.2 Å². The van der Waals surface area contributed by atoms with E-state index in [0.717, 1.165) is 30.4 Å². The molecular weight excluding hydrogens is 374 g/mol. The Morgan fingerprint density at radius 1 is 1.11 bits per heavy atom. The van der Waals surface area contributed by atoms with Crippen molar-refractivity contribution in [2.24, 2.45) is 0 Å². The zero-order chi connectivity index (χ0) is 20.0. The summed E-state index contributed by atoms with van der Waals surface area (Å²) >= 11 is 0. The van der Waals surface area contributed by atoms with Gasteiger partial charge in [-0.3, -0.25) is 9.78 Å². The summed E-state index contributed by atoms with van der Waals surface area (Å²) in [7, 11) is -3.55. The van der Waals surface area contributed by atoms with E-state index in [-0.39, 0.29) is 24.9 Å². The van der Waals surface area contributed by atoms with Crippen molar-refractivity contribution < 1.29 is 13.2 Å². The van der Waals surface area contributed by atoms with Crippen molar-refractivity contribution in [3.8, 4) is 0 Å². The van der Waals surface area contributed by atoms with Crippen LogP contribution in [0.4, 0.5) is 0 Å². The van der Waals surface area contributed by atoms with Crippen LogP contribution in [0.3, 0.4) is 0 Å². The fourth-order valence-electron chi connectivity index (χ4n) is 3.46. The van der Waals surface area contributed by atoms with Gasteiger partial charge in [0.2, 0.25) is 15.9 Å². The number of aryl methyl sites for hydroxylation is 2. The minimum atomic E-state index is -3.55. The number of benzene rings is 1. The van der Waals surface area contributed by atoms with Crippen LogP contribution in [0.5, 0.6) is 0 Å². The SMILES string of the molecule is CC(NC(=O)CCCNS(=O)(=O)c1ccc2c(c1)CCCC2)c1ccncc1. The minimum Gasteiger partial charge on any atom is -0.350 e. The minimum absolute atomic E-state index is 0.0997. The predicted octanol–water partition coefficient (Wildman–Crippen LogP) is 2.90. The lowest BCUT2D eigenvalue weighted by Gasteiger charge is -2.17. The Morgan fingerprint density at radius 3 is 2.57 bits per heavy atom. The summed E-state index contributed by atoms with van der Waals surface area (Å²) in [5.41, 5.74) is 3.38. The van der Waals surface area contributed by atoms with Crippen LogP contribution in [0.1, 0.15) is 55.3 Å². The summed E-state index contributed by atoms with van der Waals surface area (Å²) in [5.74, 6) is -0.0997. The Labute approximate surface area is 166 Å². The Morgan fingerprint density at radius 2 is 1.82 bits per heavy atom. The molecule has 0 saturated heterocycles. The number of aromatic nitrogens is 1. The van der Waals surface area contributed by atoms with Gasteiger partial charge in [0, 0.05) is 25.4 Å². The summed E-state index contributed by atoms with van der Waals surface area (Å²) in [6.07, 6.45) is 8.32. The molecule has 0 aliphatic heterocycles. The molecule has 0 fully saturated rings. The van der Waals surface area contributed by atoms with Gasteiger partial charge in [-0.05, 0) is 80.0 Å². The lowest BCUT2D eigenvalue weighted by atomic mass is 9.92. The number of hydrogen-bond donors (Lipinski definition) is 2. The fourth-order valence-corrected chi connectivity index (χ4v) is 4.59. The summed E-state index contributed by atoms with van der Waals surface area (Å²) in [6, 6.07) is 9.00. The molecule has 0 saturated carbocycles. The fraction of sp³-hybridized carbons (Fsp3) is 0.429. The van der Waals surface area contributed by atoms with E-state index in [1.165, 1.54) is 12.0 Å². The molecule has 1 amide bonds. The van der Waals surface area contributed by atoms with Gasteiger partial charge in [-0.1, -0.05) is 6.07 Å². The van der Waals surface area contributed by atoms with Crippen molar-refractivity contribution in [3.05, 3.63) is 59.4 Å². The zero-order valence-electron chi connectivity index (χ0n) is 16.1. The molecule has 6 nitrogen and oxygen atoms in total. The maximum Gasteiger partial charge on any atom is 0.240 e. The second-order valence-electron chi connectivity index (χ2n) is 7.21. The van der Waals surface area contributed by atoms with Gasteiger partial charge in [0.05, 0.1) is 10.9 Å². The van der Waals surface area contributed by atoms with Gasteiger partial charge in [-0.2, -0.15) is 0 Å². The van der Waals surface area contributed by atoms with Crippen LogP contribution >= 0.6 is 0 Å². The third-order valence-electron chi connectivity index (χ3n) is 5.09. The largest absolute Gasteiger partial charge is 0.350 e. The normalized spacial score (nSPS) is 14.9. The molecule has 1 aromatic carbocycles. The maximum atomic E-state index is 12.5. The predicted molar refractivity (Wildman–Crippen MR) is 108 cm³/mol. The molecule has 7 heteroatoms. The highest BCUT2D eigenvalue weighted by atomic mass is 32.2. The summed E-state index contributed by atoms with van der Waals surface area (Å²) < 4.78 is 27.6. The van der Waals surface area contributed by atoms with Crippen LogP contribution in [-0.4, -0.2) is 25.9 Å². The molecule has 0 spiro atoms. The quantitative estimate of drug-likeness (QED) is 0.666. The monoisotopic (exact) mass is 401 g/mol. The van der Waals surface area contributed by atoms with E-state index in [0.29, 0.717) is 11.3 Å². The molecule has 1 aliphatic carbocycles. The molecule has 1 unspecified atom stereocenters. The van der Waals surface area contributed by atoms with Crippen LogP contribution in [0.15, 0.2) is 47.6 Å². The highest BCUT2D eigenvalue weighted by molar-refractivity contribution is 7.89. The number of rotatable bonds is 8. The van der Waals surface area contributed by atoms with E-state index in [1.807, 2.05) is 25.1 Å². The van der Waals surface area contributed by atoms with Crippen molar-refractivity contribution in [2.45, 2.75) is 56.4 Å². The average molecular weight is 402 g/mol. The van der Waals surface area contributed by atoms with E-state index in [1.54, 1.807) is 24.5 Å². The molecular formula is C21H27N3O3S. The Kier molecular flexibility index (Phi) is 6.80. The zero-order valence-corrected chi connectivity index (χ0v) is 17.0. The standard InChI is InChI=1S/C21H27N3O3S/c1-16(17-10-13-22-14-11-17)24-21(25)7-4-12-23-28(26,27)20-9-8-18-5-2-3-6-19(18)15-20/h8-11,13-16,23H,2-7,12H2,1H3,(H,24,25). The smallest absolute Gasteiger partial charge is 0.240 e. The first-order valence-corrected chi connectivity index (χ1v) is 11.2. The van der Waals surface area contributed by atoms with Crippen LogP contribution in [0, 0.1) is 0 Å². The molecule has 0 bridgehead atoms. The number of sulfonamides is 1. The van der Waals surface area contributed by atoms with Crippen molar-refractivity contribution in [1.29, 1.82) is 0 Å². The number of carbonyl (C=O) groups excluding carboxylic acids is 1. The number of hydrogen-bond acceptors (Lipinski definition) is 4. The van der Waals surface area contributed by atoms with Gasteiger partial charge in [0.25, 0.3) is 0 Å².